The first-order valence-corrected chi connectivity index (χ1v) is 11.3. The van der Waals surface area contributed by atoms with Crippen LogP contribution in [0.3, 0.4) is 0 Å². The van der Waals surface area contributed by atoms with E-state index in [1.165, 1.54) is 25.0 Å². The third-order valence-corrected chi connectivity index (χ3v) is 8.74. The van der Waals surface area contributed by atoms with E-state index in [-0.39, 0.29) is 11.5 Å². The van der Waals surface area contributed by atoms with Crippen LogP contribution in [0.25, 0.3) is 0 Å². The van der Waals surface area contributed by atoms with Gasteiger partial charge in [-0.05, 0) is 57.1 Å². The molecule has 5 nitrogen and oxygen atoms in total. The highest BCUT2D eigenvalue weighted by Crippen LogP contribution is 2.65. The predicted octanol–water partition coefficient (Wildman–Crippen LogP) is 3.14. The lowest BCUT2D eigenvalue weighted by Crippen LogP contribution is -2.73. The molecule has 1 spiro atoms. The first-order valence-electron chi connectivity index (χ1n) is 11.3. The summed E-state index contributed by atoms with van der Waals surface area (Å²) in [5, 5.41) is 12.4. The van der Waals surface area contributed by atoms with Crippen molar-refractivity contribution in [3.05, 3.63) is 23.0 Å². The molecule has 0 aromatic carbocycles. The second kappa shape index (κ2) is 6.07. The average molecular weight is 388 g/mol. The summed E-state index contributed by atoms with van der Waals surface area (Å²) in [5.41, 5.74) is 2.10. The molecule has 2 saturated heterocycles. The first kappa shape index (κ1) is 17.9. The highest BCUT2D eigenvalue weighted by molar-refractivity contribution is 5.42. The second-order valence-corrected chi connectivity index (χ2v) is 10.0. The molecule has 4 fully saturated rings. The molecule has 0 aromatic heterocycles. The molecule has 0 radical (unpaired) electrons. The quantitative estimate of drug-likeness (QED) is 0.754. The minimum Gasteiger partial charge on any atom is -0.501 e. The van der Waals surface area contributed by atoms with Gasteiger partial charge < -0.3 is 19.3 Å². The van der Waals surface area contributed by atoms with Crippen molar-refractivity contribution in [3.8, 4) is 0 Å². The van der Waals surface area contributed by atoms with Gasteiger partial charge in [-0.25, -0.2) is 0 Å². The van der Waals surface area contributed by atoms with E-state index in [0.29, 0.717) is 13.2 Å². The summed E-state index contributed by atoms with van der Waals surface area (Å²) < 4.78 is 18.0. The zero-order chi connectivity index (χ0) is 19.0. The number of methoxy groups -OCH3 is 1. The van der Waals surface area contributed by atoms with E-state index in [2.05, 4.69) is 11.0 Å². The lowest BCUT2D eigenvalue weighted by molar-refractivity contribution is -0.273. The molecule has 4 aliphatic carbocycles. The van der Waals surface area contributed by atoms with Crippen LogP contribution in [0.4, 0.5) is 0 Å². The smallest absolute Gasteiger partial charge is 0.169 e. The summed E-state index contributed by atoms with van der Waals surface area (Å²) >= 11 is 0. The second-order valence-electron chi connectivity index (χ2n) is 10.0. The SMILES string of the molecule is COC1=CCC2=C(C1)[C@]13CCN(CC4CC4)[C@H](C2)[C@]1(O)CCC1(C3)OCCO1. The highest BCUT2D eigenvalue weighted by Gasteiger charge is 2.68. The lowest BCUT2D eigenvalue weighted by atomic mass is 9.47. The van der Waals surface area contributed by atoms with Crippen LogP contribution < -0.4 is 0 Å². The van der Waals surface area contributed by atoms with Gasteiger partial charge in [-0.3, -0.25) is 4.90 Å². The van der Waals surface area contributed by atoms with Crippen molar-refractivity contribution in [2.24, 2.45) is 11.3 Å². The van der Waals surface area contributed by atoms with Crippen molar-refractivity contribution in [2.75, 3.05) is 33.4 Å². The number of piperidine rings is 1. The van der Waals surface area contributed by atoms with Crippen LogP contribution in [0.2, 0.25) is 0 Å². The van der Waals surface area contributed by atoms with Crippen molar-refractivity contribution in [1.29, 1.82) is 0 Å². The zero-order valence-electron chi connectivity index (χ0n) is 17.0. The van der Waals surface area contributed by atoms with Crippen LogP contribution in [0, 0.1) is 11.3 Å². The van der Waals surface area contributed by atoms with Gasteiger partial charge in [0.2, 0.25) is 0 Å². The highest BCUT2D eigenvalue weighted by atomic mass is 16.7. The topological polar surface area (TPSA) is 51.2 Å². The number of likely N-dealkylation sites (tertiary alicyclic amines) is 1. The molecule has 5 heteroatoms. The molecule has 154 valence electrons. The summed E-state index contributed by atoms with van der Waals surface area (Å²) in [4.78, 5) is 2.64. The van der Waals surface area contributed by atoms with E-state index in [0.717, 1.165) is 63.2 Å². The standard InChI is InChI=1S/C23H33NO4/c1-26-18-5-4-17-12-20-23(25)7-6-22(27-10-11-28-22)15-21(23,19(17)13-18)8-9-24(20)14-16-2-3-16/h5,16,20,25H,2-4,6-15H2,1H3/t20-,21-,23-/m1/s1. The largest absolute Gasteiger partial charge is 0.501 e. The van der Waals surface area contributed by atoms with E-state index >= 15 is 0 Å². The normalized spacial score (nSPS) is 42.2. The number of rotatable bonds is 3. The average Bonchev–Trinajstić information content (AvgIpc) is 3.41. The fraction of sp³-hybridized carbons (Fsp3) is 0.826. The van der Waals surface area contributed by atoms with Crippen LogP contribution >= 0.6 is 0 Å². The zero-order valence-corrected chi connectivity index (χ0v) is 17.0. The number of allylic oxidation sites excluding steroid dienone is 2. The molecule has 0 unspecified atom stereocenters. The third kappa shape index (κ3) is 2.39. The maximum atomic E-state index is 12.4. The molecule has 2 saturated carbocycles. The summed E-state index contributed by atoms with van der Waals surface area (Å²) in [6, 6.07) is 0.247. The van der Waals surface area contributed by atoms with Crippen molar-refractivity contribution in [3.63, 3.8) is 0 Å². The Morgan fingerprint density at radius 1 is 1.21 bits per heavy atom. The van der Waals surface area contributed by atoms with Gasteiger partial charge in [-0.1, -0.05) is 11.1 Å². The number of hydrogen-bond donors (Lipinski definition) is 1. The minimum atomic E-state index is -0.671. The molecule has 1 N–H and O–H groups in total. The summed E-state index contributed by atoms with van der Waals surface area (Å²) in [6.45, 7) is 3.62. The van der Waals surface area contributed by atoms with Gasteiger partial charge >= 0.3 is 0 Å². The first-order chi connectivity index (χ1) is 13.6. The summed E-state index contributed by atoms with van der Waals surface area (Å²) in [7, 11) is 1.77. The summed E-state index contributed by atoms with van der Waals surface area (Å²) in [6.07, 6.45) is 11.2. The monoisotopic (exact) mass is 387 g/mol. The van der Waals surface area contributed by atoms with Crippen molar-refractivity contribution >= 4 is 0 Å². The van der Waals surface area contributed by atoms with Crippen LogP contribution in [0.5, 0.6) is 0 Å². The van der Waals surface area contributed by atoms with Crippen molar-refractivity contribution < 1.29 is 19.3 Å². The van der Waals surface area contributed by atoms with Crippen molar-refractivity contribution in [2.45, 2.75) is 75.2 Å². The molecule has 3 atom stereocenters. The fourth-order valence-electron chi connectivity index (χ4n) is 7.15. The number of hydrogen-bond acceptors (Lipinski definition) is 5. The van der Waals surface area contributed by atoms with E-state index < -0.39 is 11.4 Å². The van der Waals surface area contributed by atoms with Gasteiger partial charge in [0.05, 0.1) is 31.7 Å². The van der Waals surface area contributed by atoms with Gasteiger partial charge in [-0.2, -0.15) is 0 Å². The number of aliphatic hydroxyl groups is 1. The molecular formula is C23H33NO4. The molecule has 6 aliphatic rings. The molecular weight excluding hydrogens is 354 g/mol. The lowest BCUT2D eigenvalue weighted by Gasteiger charge is -2.66. The fourth-order valence-corrected chi connectivity index (χ4v) is 7.15. The van der Waals surface area contributed by atoms with Crippen LogP contribution in [0.15, 0.2) is 23.0 Å². The molecule has 2 heterocycles. The van der Waals surface area contributed by atoms with Crippen LogP contribution in [-0.4, -0.2) is 60.8 Å². The third-order valence-electron chi connectivity index (χ3n) is 8.74. The van der Waals surface area contributed by atoms with Gasteiger partial charge in [0.25, 0.3) is 0 Å². The Labute approximate surface area is 167 Å². The van der Waals surface area contributed by atoms with Crippen molar-refractivity contribution in [1.82, 2.24) is 4.90 Å². The Bertz CT molecular complexity index is 735. The van der Waals surface area contributed by atoms with E-state index in [1.54, 1.807) is 12.7 Å². The van der Waals surface area contributed by atoms with Crippen LogP contribution in [-0.2, 0) is 14.2 Å². The number of ether oxygens (including phenoxy) is 3. The van der Waals surface area contributed by atoms with Gasteiger partial charge in [0.15, 0.2) is 5.79 Å². The van der Waals surface area contributed by atoms with Gasteiger partial charge in [0.1, 0.15) is 0 Å². The molecule has 6 rings (SSSR count). The van der Waals surface area contributed by atoms with Crippen LogP contribution in [0.1, 0.15) is 57.8 Å². The molecule has 0 amide bonds. The molecule has 2 bridgehead atoms. The van der Waals surface area contributed by atoms with Gasteiger partial charge in [-0.15, -0.1) is 0 Å². The Kier molecular flexibility index (Phi) is 3.89. The van der Waals surface area contributed by atoms with Gasteiger partial charge in [0, 0.05) is 37.3 Å². The minimum absolute atomic E-state index is 0.230. The molecule has 2 aliphatic heterocycles. The predicted molar refractivity (Wildman–Crippen MR) is 105 cm³/mol. The van der Waals surface area contributed by atoms with E-state index in [9.17, 15) is 5.11 Å². The Morgan fingerprint density at radius 3 is 2.79 bits per heavy atom. The van der Waals surface area contributed by atoms with E-state index in [1.807, 2.05) is 0 Å². The van der Waals surface area contributed by atoms with E-state index in [4.69, 9.17) is 14.2 Å². The maximum Gasteiger partial charge on any atom is 0.169 e. The Balaban J connectivity index is 1.43. The molecule has 0 aromatic rings. The Hall–Kier alpha value is -0.880. The summed E-state index contributed by atoms with van der Waals surface area (Å²) in [5.74, 6) is 1.43. The Morgan fingerprint density at radius 2 is 2.04 bits per heavy atom. The molecule has 28 heavy (non-hydrogen) atoms. The number of nitrogens with zero attached hydrogens (tertiary/aromatic N) is 1. The maximum absolute atomic E-state index is 12.4.